The molecular formula is C15H18BrN. The summed E-state index contributed by atoms with van der Waals surface area (Å²) in [5, 5.41) is 2.68. The van der Waals surface area contributed by atoms with Gasteiger partial charge in [-0.05, 0) is 36.7 Å². The molecule has 2 heteroatoms. The maximum atomic E-state index is 3.46. The number of alkyl halides is 1. The van der Waals surface area contributed by atoms with E-state index in [1.807, 2.05) is 0 Å². The van der Waals surface area contributed by atoms with Crippen LogP contribution in [0.25, 0.3) is 10.8 Å². The number of aryl methyl sites for hydroxylation is 1. The molecular weight excluding hydrogens is 274 g/mol. The molecule has 0 amide bonds. The molecule has 2 rings (SSSR count). The average Bonchev–Trinajstić information content (AvgIpc) is 2.35. The van der Waals surface area contributed by atoms with Crippen molar-refractivity contribution in [2.45, 2.75) is 13.3 Å². The molecule has 0 bridgehead atoms. The minimum atomic E-state index is 0.930. The lowest BCUT2D eigenvalue weighted by Crippen LogP contribution is -2.18. The van der Waals surface area contributed by atoms with Gasteiger partial charge in [-0.15, -0.1) is 0 Å². The Morgan fingerprint density at radius 2 is 1.76 bits per heavy atom. The third-order valence-electron chi connectivity index (χ3n) is 3.05. The minimum absolute atomic E-state index is 0.930. The molecule has 0 unspecified atom stereocenters. The summed E-state index contributed by atoms with van der Waals surface area (Å²) < 4.78 is 0. The van der Waals surface area contributed by atoms with Gasteiger partial charge < -0.3 is 0 Å². The molecule has 2 aromatic rings. The first-order valence-electron chi connectivity index (χ1n) is 5.93. The number of rotatable bonds is 4. The van der Waals surface area contributed by atoms with E-state index in [0.29, 0.717) is 0 Å². The second-order valence-corrected chi connectivity index (χ2v) is 5.14. The third kappa shape index (κ3) is 3.30. The van der Waals surface area contributed by atoms with Crippen LogP contribution < -0.4 is 0 Å². The Hall–Kier alpha value is -0.860. The van der Waals surface area contributed by atoms with Crippen molar-refractivity contribution in [3.63, 3.8) is 0 Å². The summed E-state index contributed by atoms with van der Waals surface area (Å²) in [7, 11) is 2.12. The average molecular weight is 292 g/mol. The van der Waals surface area contributed by atoms with E-state index in [1.54, 1.807) is 0 Å². The lowest BCUT2D eigenvalue weighted by Gasteiger charge is -2.12. The second-order valence-electron chi connectivity index (χ2n) is 4.63. The Kier molecular flexibility index (Phi) is 4.19. The van der Waals surface area contributed by atoms with Crippen LogP contribution >= 0.6 is 15.9 Å². The molecule has 0 aliphatic heterocycles. The molecule has 0 spiro atoms. The van der Waals surface area contributed by atoms with E-state index in [4.69, 9.17) is 0 Å². The minimum Gasteiger partial charge on any atom is -0.296 e. The summed E-state index contributed by atoms with van der Waals surface area (Å²) in [5.41, 5.74) is 3.66. The Balaban J connectivity index is 2.17. The van der Waals surface area contributed by atoms with Crippen LogP contribution in [-0.4, -0.2) is 23.9 Å². The van der Waals surface area contributed by atoms with Crippen molar-refractivity contribution < 1.29 is 0 Å². The van der Waals surface area contributed by atoms with Crippen LogP contribution in [0.2, 0.25) is 0 Å². The molecule has 2 aromatic carbocycles. The van der Waals surface area contributed by atoms with Crippen LogP contribution in [0, 0.1) is 6.92 Å². The first-order valence-corrected chi connectivity index (χ1v) is 7.05. The van der Waals surface area contributed by atoms with E-state index in [1.165, 1.54) is 21.9 Å². The summed E-state index contributed by atoms with van der Waals surface area (Å²) in [6.45, 7) is 3.22. The Morgan fingerprint density at radius 3 is 2.53 bits per heavy atom. The van der Waals surface area contributed by atoms with E-state index >= 15 is 0 Å². The number of nitrogens with zero attached hydrogens (tertiary/aromatic N) is 1. The predicted octanol–water partition coefficient (Wildman–Crippen LogP) is 3.97. The fourth-order valence-corrected chi connectivity index (χ4v) is 2.20. The van der Waals surface area contributed by atoms with E-state index in [-0.39, 0.29) is 0 Å². The number of hydrogen-bond acceptors (Lipinski definition) is 1. The predicted molar refractivity (Wildman–Crippen MR) is 78.8 cm³/mol. The lowest BCUT2D eigenvalue weighted by molar-refractivity contribution is 0.401. The highest BCUT2D eigenvalue weighted by Gasteiger charge is 1.99. The van der Waals surface area contributed by atoms with Crippen molar-refractivity contribution in [2.75, 3.05) is 19.0 Å². The Bertz CT molecular complexity index is 507. The fourth-order valence-electron chi connectivity index (χ4n) is 1.95. The van der Waals surface area contributed by atoms with Gasteiger partial charge in [0.15, 0.2) is 0 Å². The van der Waals surface area contributed by atoms with Crippen LogP contribution in [0.5, 0.6) is 0 Å². The molecule has 0 heterocycles. The van der Waals surface area contributed by atoms with E-state index in [0.717, 1.165) is 18.4 Å². The number of benzene rings is 2. The Labute approximate surface area is 112 Å². The van der Waals surface area contributed by atoms with E-state index in [2.05, 4.69) is 71.2 Å². The van der Waals surface area contributed by atoms with Crippen molar-refractivity contribution in [3.05, 3.63) is 47.5 Å². The van der Waals surface area contributed by atoms with Crippen LogP contribution in [0.15, 0.2) is 36.4 Å². The van der Waals surface area contributed by atoms with Gasteiger partial charge in [-0.1, -0.05) is 57.9 Å². The zero-order valence-corrected chi connectivity index (χ0v) is 12.0. The maximum Gasteiger partial charge on any atom is 0.0539 e. The number of likely N-dealkylation sites (N-methyl/N-ethyl adjacent to an activating group) is 1. The number of fused-ring (bicyclic) bond motifs is 1. The highest BCUT2D eigenvalue weighted by molar-refractivity contribution is 9.09. The molecule has 0 aliphatic rings. The number of hydrogen-bond donors (Lipinski definition) is 0. The van der Waals surface area contributed by atoms with Gasteiger partial charge in [-0.3, -0.25) is 4.90 Å². The van der Waals surface area contributed by atoms with Crippen LogP contribution in [0.1, 0.15) is 11.1 Å². The van der Waals surface area contributed by atoms with Gasteiger partial charge in [0.1, 0.15) is 0 Å². The van der Waals surface area contributed by atoms with Crippen molar-refractivity contribution in [2.24, 2.45) is 0 Å². The first kappa shape index (κ1) is 12.6. The molecule has 0 saturated carbocycles. The van der Waals surface area contributed by atoms with E-state index < -0.39 is 0 Å². The molecule has 0 N–H and O–H groups in total. The smallest absolute Gasteiger partial charge is 0.0539 e. The van der Waals surface area contributed by atoms with Gasteiger partial charge in [0, 0.05) is 6.54 Å². The van der Waals surface area contributed by atoms with Gasteiger partial charge in [0.05, 0.1) is 5.45 Å². The summed E-state index contributed by atoms with van der Waals surface area (Å²) in [4.78, 5) is 2.26. The molecule has 0 atom stereocenters. The molecule has 0 radical (unpaired) electrons. The lowest BCUT2D eigenvalue weighted by atomic mass is 10.0. The first-order chi connectivity index (χ1) is 8.19. The zero-order valence-electron chi connectivity index (χ0n) is 10.4. The van der Waals surface area contributed by atoms with Crippen LogP contribution in [0.3, 0.4) is 0 Å². The standard InChI is InChI=1S/C15H18BrN/c1-12-3-5-15-10-13(4-6-14(15)9-12)7-8-17(2)11-16/h3-6,9-10H,7-8,11H2,1-2H3. The molecule has 1 nitrogen and oxygen atoms in total. The van der Waals surface area contributed by atoms with Gasteiger partial charge in [0.25, 0.3) is 0 Å². The van der Waals surface area contributed by atoms with Crippen LogP contribution in [-0.2, 0) is 6.42 Å². The van der Waals surface area contributed by atoms with Crippen molar-refractivity contribution in [1.82, 2.24) is 4.90 Å². The normalized spacial score (nSPS) is 11.3. The van der Waals surface area contributed by atoms with Crippen molar-refractivity contribution in [3.8, 4) is 0 Å². The molecule has 17 heavy (non-hydrogen) atoms. The summed E-state index contributed by atoms with van der Waals surface area (Å²) in [5.74, 6) is 0. The summed E-state index contributed by atoms with van der Waals surface area (Å²) in [6, 6.07) is 13.4. The topological polar surface area (TPSA) is 3.24 Å². The molecule has 0 aromatic heterocycles. The molecule has 0 saturated heterocycles. The molecule has 0 fully saturated rings. The second kappa shape index (κ2) is 5.65. The molecule has 0 aliphatic carbocycles. The van der Waals surface area contributed by atoms with Crippen LogP contribution in [0.4, 0.5) is 0 Å². The Morgan fingerprint density at radius 1 is 1.06 bits per heavy atom. The summed E-state index contributed by atoms with van der Waals surface area (Å²) in [6.07, 6.45) is 1.10. The SMILES string of the molecule is Cc1ccc2cc(CCN(C)CBr)ccc2c1. The zero-order chi connectivity index (χ0) is 12.3. The highest BCUT2D eigenvalue weighted by Crippen LogP contribution is 2.18. The quantitative estimate of drug-likeness (QED) is 0.608. The monoisotopic (exact) mass is 291 g/mol. The fraction of sp³-hybridized carbons (Fsp3) is 0.333. The van der Waals surface area contributed by atoms with Gasteiger partial charge >= 0.3 is 0 Å². The van der Waals surface area contributed by atoms with Crippen molar-refractivity contribution in [1.29, 1.82) is 0 Å². The van der Waals surface area contributed by atoms with Crippen molar-refractivity contribution >= 4 is 26.7 Å². The maximum absolute atomic E-state index is 3.46. The largest absolute Gasteiger partial charge is 0.296 e. The number of halogens is 1. The highest BCUT2D eigenvalue weighted by atomic mass is 79.9. The summed E-state index contributed by atoms with van der Waals surface area (Å²) >= 11 is 3.46. The third-order valence-corrected chi connectivity index (χ3v) is 3.90. The molecule has 90 valence electrons. The van der Waals surface area contributed by atoms with Gasteiger partial charge in [-0.2, -0.15) is 0 Å². The van der Waals surface area contributed by atoms with E-state index in [9.17, 15) is 0 Å². The van der Waals surface area contributed by atoms with Gasteiger partial charge in [0.2, 0.25) is 0 Å². The van der Waals surface area contributed by atoms with Gasteiger partial charge in [-0.25, -0.2) is 0 Å².